The van der Waals surface area contributed by atoms with E-state index in [-0.39, 0.29) is 37.9 Å². The van der Waals surface area contributed by atoms with E-state index in [0.717, 1.165) is 22.3 Å². The van der Waals surface area contributed by atoms with Crippen molar-refractivity contribution < 1.29 is 29.0 Å². The number of methoxy groups -OCH3 is 1. The first-order chi connectivity index (χ1) is 16.7. The van der Waals surface area contributed by atoms with Gasteiger partial charge in [0.2, 0.25) is 5.91 Å². The zero-order valence-electron chi connectivity index (χ0n) is 20.4. The van der Waals surface area contributed by atoms with Gasteiger partial charge in [-0.15, -0.1) is 0 Å². The summed E-state index contributed by atoms with van der Waals surface area (Å²) in [6.45, 7) is 3.90. The highest BCUT2D eigenvalue weighted by atomic mass is 16.5. The molecular weight excluding hydrogens is 448 g/mol. The molecule has 0 radical (unpaired) electrons. The fraction of sp³-hybridized carbons (Fsp3) is 0.444. The summed E-state index contributed by atoms with van der Waals surface area (Å²) in [6, 6.07) is 16.2. The van der Waals surface area contributed by atoms with Crippen LogP contribution in [0.4, 0.5) is 4.79 Å². The molecule has 4 rings (SSSR count). The SMILES string of the molecule is CCCC(C)(NC(=O)OCC1c2ccccc2-c2ccccc21)C(=O)N1CCC(OC)(C(=O)O)C1. The van der Waals surface area contributed by atoms with Crippen LogP contribution in [-0.2, 0) is 19.1 Å². The summed E-state index contributed by atoms with van der Waals surface area (Å²) in [6.07, 6.45) is 0.553. The lowest BCUT2D eigenvalue weighted by atomic mass is 9.94. The van der Waals surface area contributed by atoms with E-state index in [2.05, 4.69) is 17.4 Å². The first-order valence-electron chi connectivity index (χ1n) is 12.0. The molecule has 1 fully saturated rings. The number of carbonyl (C=O) groups is 3. The second kappa shape index (κ2) is 9.70. The number of hydrogen-bond acceptors (Lipinski definition) is 5. The van der Waals surface area contributed by atoms with Crippen LogP contribution in [0.5, 0.6) is 0 Å². The number of aliphatic carboxylic acids is 1. The lowest BCUT2D eigenvalue weighted by molar-refractivity contribution is -0.161. The van der Waals surface area contributed by atoms with E-state index < -0.39 is 23.2 Å². The van der Waals surface area contributed by atoms with Gasteiger partial charge in [0.1, 0.15) is 12.1 Å². The molecule has 1 saturated heterocycles. The van der Waals surface area contributed by atoms with Gasteiger partial charge in [0, 0.05) is 26.0 Å². The second-order valence-electron chi connectivity index (χ2n) is 9.51. The molecule has 0 bridgehead atoms. The molecule has 2 N–H and O–H groups in total. The highest BCUT2D eigenvalue weighted by Gasteiger charge is 2.50. The van der Waals surface area contributed by atoms with Gasteiger partial charge in [-0.2, -0.15) is 0 Å². The molecular formula is C27H32N2O6. The van der Waals surface area contributed by atoms with E-state index in [1.807, 2.05) is 43.3 Å². The number of carbonyl (C=O) groups excluding carboxylic acids is 2. The number of hydrogen-bond donors (Lipinski definition) is 2. The van der Waals surface area contributed by atoms with Crippen molar-refractivity contribution in [1.82, 2.24) is 10.2 Å². The van der Waals surface area contributed by atoms with Gasteiger partial charge in [0.05, 0.1) is 6.54 Å². The molecule has 2 unspecified atom stereocenters. The number of amides is 2. The van der Waals surface area contributed by atoms with Crippen LogP contribution in [0.25, 0.3) is 11.1 Å². The quantitative estimate of drug-likeness (QED) is 0.596. The Morgan fingerprint density at radius 3 is 2.23 bits per heavy atom. The maximum absolute atomic E-state index is 13.4. The predicted molar refractivity (Wildman–Crippen MR) is 130 cm³/mol. The highest BCUT2D eigenvalue weighted by molar-refractivity contribution is 5.91. The molecule has 2 amide bonds. The zero-order valence-corrected chi connectivity index (χ0v) is 20.4. The summed E-state index contributed by atoms with van der Waals surface area (Å²) in [5, 5.41) is 12.4. The molecule has 2 aliphatic rings. The van der Waals surface area contributed by atoms with E-state index in [9.17, 15) is 19.5 Å². The largest absolute Gasteiger partial charge is 0.479 e. The van der Waals surface area contributed by atoms with Crippen molar-refractivity contribution in [1.29, 1.82) is 0 Å². The standard InChI is InChI=1S/C27H32N2O6/c1-4-13-26(2,23(30)29-15-14-27(17-29,34-3)24(31)32)28-25(33)35-16-22-20-11-7-5-9-18(20)19-10-6-8-12-21(19)22/h5-12,22H,4,13-17H2,1-3H3,(H,28,33)(H,31,32). The smallest absolute Gasteiger partial charge is 0.408 e. The Morgan fingerprint density at radius 1 is 1.11 bits per heavy atom. The van der Waals surface area contributed by atoms with Gasteiger partial charge >= 0.3 is 12.1 Å². The number of nitrogens with one attached hydrogen (secondary N) is 1. The Balaban J connectivity index is 1.45. The van der Waals surface area contributed by atoms with Crippen molar-refractivity contribution in [2.75, 3.05) is 26.8 Å². The molecule has 8 heteroatoms. The third-order valence-electron chi connectivity index (χ3n) is 7.24. The molecule has 2 aromatic rings. The molecule has 0 aromatic heterocycles. The van der Waals surface area contributed by atoms with Gasteiger partial charge in [0.15, 0.2) is 5.60 Å². The lowest BCUT2D eigenvalue weighted by Crippen LogP contribution is -2.58. The Labute approximate surface area is 205 Å². The van der Waals surface area contributed by atoms with Crippen molar-refractivity contribution in [3.8, 4) is 11.1 Å². The van der Waals surface area contributed by atoms with Crippen molar-refractivity contribution in [3.63, 3.8) is 0 Å². The minimum atomic E-state index is -1.42. The Bertz CT molecular complexity index is 1090. The van der Waals surface area contributed by atoms with Gasteiger partial charge in [-0.3, -0.25) is 4.79 Å². The van der Waals surface area contributed by atoms with E-state index in [4.69, 9.17) is 9.47 Å². The molecule has 2 atom stereocenters. The summed E-state index contributed by atoms with van der Waals surface area (Å²) in [4.78, 5) is 39.5. The molecule has 0 saturated carbocycles. The van der Waals surface area contributed by atoms with Crippen LogP contribution in [0.1, 0.15) is 50.2 Å². The van der Waals surface area contributed by atoms with Gasteiger partial charge in [-0.1, -0.05) is 61.9 Å². The van der Waals surface area contributed by atoms with E-state index in [1.54, 1.807) is 6.92 Å². The number of nitrogens with zero attached hydrogens (tertiary/aromatic N) is 1. The van der Waals surface area contributed by atoms with E-state index in [1.165, 1.54) is 12.0 Å². The summed E-state index contributed by atoms with van der Waals surface area (Å²) in [5.41, 5.74) is 1.84. The van der Waals surface area contributed by atoms with Gasteiger partial charge < -0.3 is 24.8 Å². The average molecular weight is 481 g/mol. The molecule has 1 aliphatic carbocycles. The number of rotatable bonds is 8. The normalized spacial score (nSPS) is 20.6. The monoisotopic (exact) mass is 480 g/mol. The maximum Gasteiger partial charge on any atom is 0.408 e. The number of ether oxygens (including phenoxy) is 2. The van der Waals surface area contributed by atoms with Gasteiger partial charge in [-0.25, -0.2) is 9.59 Å². The summed E-state index contributed by atoms with van der Waals surface area (Å²) in [5.74, 6) is -1.53. The van der Waals surface area contributed by atoms with Crippen LogP contribution in [0.3, 0.4) is 0 Å². The summed E-state index contributed by atoms with van der Waals surface area (Å²) < 4.78 is 10.9. The number of likely N-dealkylation sites (tertiary alicyclic amines) is 1. The van der Waals surface area contributed by atoms with Crippen molar-refractivity contribution in [3.05, 3.63) is 59.7 Å². The Hall–Kier alpha value is -3.39. The number of alkyl carbamates (subject to hydrolysis) is 1. The van der Waals surface area contributed by atoms with Crippen LogP contribution in [0.15, 0.2) is 48.5 Å². The number of carboxylic acid groups (broad SMARTS) is 1. The molecule has 2 aromatic carbocycles. The first-order valence-corrected chi connectivity index (χ1v) is 12.0. The fourth-order valence-corrected chi connectivity index (χ4v) is 5.32. The summed E-state index contributed by atoms with van der Waals surface area (Å²) in [7, 11) is 1.34. The fourth-order valence-electron chi connectivity index (χ4n) is 5.32. The molecule has 8 nitrogen and oxygen atoms in total. The van der Waals surface area contributed by atoms with Crippen molar-refractivity contribution in [2.45, 2.75) is 50.2 Å². The number of benzene rings is 2. The first kappa shape index (κ1) is 24.7. The van der Waals surface area contributed by atoms with Crippen LogP contribution in [0.2, 0.25) is 0 Å². The third kappa shape index (κ3) is 4.50. The molecule has 186 valence electrons. The summed E-state index contributed by atoms with van der Waals surface area (Å²) >= 11 is 0. The zero-order chi connectivity index (χ0) is 25.2. The van der Waals surface area contributed by atoms with Crippen LogP contribution >= 0.6 is 0 Å². The van der Waals surface area contributed by atoms with E-state index >= 15 is 0 Å². The minimum Gasteiger partial charge on any atom is -0.479 e. The highest BCUT2D eigenvalue weighted by Crippen LogP contribution is 2.44. The van der Waals surface area contributed by atoms with Crippen molar-refractivity contribution in [2.24, 2.45) is 0 Å². The van der Waals surface area contributed by atoms with Crippen LogP contribution < -0.4 is 5.32 Å². The van der Waals surface area contributed by atoms with Crippen molar-refractivity contribution >= 4 is 18.0 Å². The predicted octanol–water partition coefficient (Wildman–Crippen LogP) is 3.79. The Kier molecular flexibility index (Phi) is 6.85. The lowest BCUT2D eigenvalue weighted by Gasteiger charge is -2.33. The minimum absolute atomic E-state index is 0.0661. The number of carboxylic acids is 1. The Morgan fingerprint density at radius 2 is 1.71 bits per heavy atom. The maximum atomic E-state index is 13.4. The van der Waals surface area contributed by atoms with Gasteiger partial charge in [0.25, 0.3) is 0 Å². The van der Waals surface area contributed by atoms with Crippen LogP contribution in [0, 0.1) is 0 Å². The van der Waals surface area contributed by atoms with E-state index in [0.29, 0.717) is 12.8 Å². The molecule has 35 heavy (non-hydrogen) atoms. The molecule has 1 heterocycles. The van der Waals surface area contributed by atoms with Gasteiger partial charge in [-0.05, 0) is 35.6 Å². The molecule has 1 aliphatic heterocycles. The average Bonchev–Trinajstić information content (AvgIpc) is 3.43. The van der Waals surface area contributed by atoms with Crippen LogP contribution in [-0.4, -0.2) is 65.9 Å². The third-order valence-corrected chi connectivity index (χ3v) is 7.24. The topological polar surface area (TPSA) is 105 Å². The number of fused-ring (bicyclic) bond motifs is 3. The second-order valence-corrected chi connectivity index (χ2v) is 9.51. The molecule has 0 spiro atoms.